The maximum absolute atomic E-state index is 15.4. The monoisotopic (exact) mass is 827 g/mol. The largest absolute Gasteiger partial charge is 0.456 e. The third-order valence-corrected chi connectivity index (χ3v) is 12.8. The molecule has 4 aliphatic rings. The molecule has 2 aromatic carbocycles. The summed E-state index contributed by atoms with van der Waals surface area (Å²) in [6.07, 6.45) is -10.5. The van der Waals surface area contributed by atoms with Crippen LogP contribution in [0, 0.1) is 16.7 Å². The highest BCUT2D eigenvalue weighted by Gasteiger charge is 2.78. The topological polar surface area (TPSA) is 202 Å². The summed E-state index contributed by atoms with van der Waals surface area (Å²) in [6, 6.07) is 14.8. The number of fused-ring (bicyclic) bond motifs is 5. The van der Waals surface area contributed by atoms with E-state index in [2.05, 4.69) is 5.32 Å². The van der Waals surface area contributed by atoms with Crippen LogP contribution in [0.5, 0.6) is 0 Å². The Labute approximate surface area is 351 Å². The van der Waals surface area contributed by atoms with E-state index in [1.807, 2.05) is 0 Å². The Morgan fingerprint density at radius 3 is 2.10 bits per heavy atom. The highest BCUT2D eigenvalue weighted by Crippen LogP contribution is 2.64. The van der Waals surface area contributed by atoms with Crippen LogP contribution in [0.15, 0.2) is 71.8 Å². The lowest BCUT2D eigenvalue weighted by molar-refractivity contribution is -0.343. The lowest BCUT2D eigenvalue weighted by Crippen LogP contribution is -2.82. The van der Waals surface area contributed by atoms with Crippen LogP contribution in [0.4, 0.5) is 4.79 Å². The van der Waals surface area contributed by atoms with E-state index in [0.717, 1.165) is 0 Å². The molecule has 17 heteroatoms. The van der Waals surface area contributed by atoms with Crippen molar-refractivity contribution in [2.24, 2.45) is 16.7 Å². The second kappa shape index (κ2) is 16.4. The number of hydrogen-bond acceptors (Lipinski definition) is 14. The molecule has 2 aromatic rings. The first kappa shape index (κ1) is 45.0. The average Bonchev–Trinajstić information content (AvgIpc) is 3.18. The molecule has 3 fully saturated rings. The van der Waals surface area contributed by atoms with Gasteiger partial charge in [0.05, 0.1) is 35.6 Å². The van der Waals surface area contributed by atoms with E-state index in [1.165, 1.54) is 26.0 Å². The standard InChI is InChI=1S/C43H51B2NO14/c1-22-26(55-37(51)31(48)30(24-15-11-9-12-16-24)46-38(52)58-39(3,4)5)20-43(53)35(56-36(50)25-17-13-10-14-18-25)33-41(8,34(49)32(60-45)29(22)40(43,6)7)27(59-44)19-28-42(33,21-54-28)57-23(2)47/h9-18,26-28,30-33,35,48,53H,19-21H2,1-8H3,(H,46,52)/t26-,27-,28+,30-,31+,32+,33-,35-,41+,42-,43+/m0/s1. The Balaban J connectivity index is 1.52. The molecule has 60 heavy (non-hydrogen) atoms. The van der Waals surface area contributed by atoms with Gasteiger partial charge in [-0.15, -0.1) is 0 Å². The quantitative estimate of drug-likeness (QED) is 0.136. The van der Waals surface area contributed by atoms with E-state index in [1.54, 1.807) is 90.1 Å². The summed E-state index contributed by atoms with van der Waals surface area (Å²) in [5.74, 6) is -5.02. The van der Waals surface area contributed by atoms with Crippen molar-refractivity contribution >= 4 is 45.9 Å². The number of carbonyl (C=O) groups is 5. The zero-order chi connectivity index (χ0) is 44.2. The number of ether oxygens (including phenoxy) is 5. The molecule has 11 atom stereocenters. The van der Waals surface area contributed by atoms with Crippen LogP contribution < -0.4 is 5.32 Å². The summed E-state index contributed by atoms with van der Waals surface area (Å²) in [5, 5.41) is 27.8. The van der Waals surface area contributed by atoms with Crippen LogP contribution in [-0.2, 0) is 47.4 Å². The van der Waals surface area contributed by atoms with Gasteiger partial charge in [-0.3, -0.25) is 9.59 Å². The van der Waals surface area contributed by atoms with Crippen molar-refractivity contribution < 1.29 is 67.2 Å². The van der Waals surface area contributed by atoms with Crippen LogP contribution in [0.1, 0.15) is 90.2 Å². The number of aliphatic hydroxyl groups excluding tert-OH is 1. The highest BCUT2D eigenvalue weighted by molar-refractivity contribution is 6.03. The van der Waals surface area contributed by atoms with Gasteiger partial charge >= 0.3 is 24.0 Å². The van der Waals surface area contributed by atoms with E-state index in [0.29, 0.717) is 5.56 Å². The second-order valence-electron chi connectivity index (χ2n) is 17.8. The Kier molecular flexibility index (Phi) is 12.3. The number of hydrogen-bond donors (Lipinski definition) is 3. The van der Waals surface area contributed by atoms with Crippen LogP contribution in [0.2, 0.25) is 0 Å². The molecular formula is C43H51B2NO14. The fraction of sp³-hybridized carbons (Fsp3) is 0.558. The summed E-state index contributed by atoms with van der Waals surface area (Å²) in [4.78, 5) is 69.8. The number of aliphatic hydroxyl groups is 2. The van der Waals surface area contributed by atoms with Gasteiger partial charge in [0.25, 0.3) is 16.1 Å². The normalized spacial score (nSPS) is 32.9. The minimum Gasteiger partial charge on any atom is -0.456 e. The van der Waals surface area contributed by atoms with Crippen molar-refractivity contribution in [2.75, 3.05) is 6.61 Å². The van der Waals surface area contributed by atoms with Crippen molar-refractivity contribution in [1.29, 1.82) is 0 Å². The Morgan fingerprint density at radius 2 is 1.57 bits per heavy atom. The maximum atomic E-state index is 15.4. The minimum absolute atomic E-state index is 0.0446. The van der Waals surface area contributed by atoms with Crippen LogP contribution in [-0.4, -0.2) is 116 Å². The number of amides is 1. The Bertz CT molecular complexity index is 2020. The maximum Gasteiger partial charge on any atom is 0.408 e. The molecular weight excluding hydrogens is 776 g/mol. The van der Waals surface area contributed by atoms with Gasteiger partial charge in [-0.1, -0.05) is 62.4 Å². The number of benzene rings is 2. The van der Waals surface area contributed by atoms with Gasteiger partial charge in [0.15, 0.2) is 17.5 Å². The van der Waals surface area contributed by atoms with Crippen molar-refractivity contribution in [3.63, 3.8) is 0 Å². The van der Waals surface area contributed by atoms with Gasteiger partial charge in [-0.05, 0) is 63.5 Å². The number of esters is 3. The fourth-order valence-corrected chi connectivity index (χ4v) is 9.83. The van der Waals surface area contributed by atoms with E-state index >= 15 is 4.79 Å². The number of Topliss-reactive ketones (excluding diaryl/α,β-unsaturated/α-hetero) is 1. The third-order valence-electron chi connectivity index (χ3n) is 12.8. The molecule has 15 nitrogen and oxygen atoms in total. The summed E-state index contributed by atoms with van der Waals surface area (Å²) < 4.78 is 41.0. The lowest BCUT2D eigenvalue weighted by atomic mass is 9.44. The summed E-state index contributed by atoms with van der Waals surface area (Å²) in [6.45, 7) is 12.2. The first-order chi connectivity index (χ1) is 28.1. The molecule has 1 aliphatic heterocycles. The van der Waals surface area contributed by atoms with E-state index < -0.39 is 112 Å². The van der Waals surface area contributed by atoms with E-state index in [4.69, 9.17) is 49.1 Å². The molecule has 3 N–H and O–H groups in total. The van der Waals surface area contributed by atoms with Gasteiger partial charge < -0.3 is 48.5 Å². The van der Waals surface area contributed by atoms with Gasteiger partial charge in [0.2, 0.25) is 0 Å². The van der Waals surface area contributed by atoms with Crippen molar-refractivity contribution in [2.45, 2.75) is 128 Å². The number of rotatable bonds is 10. The molecule has 1 amide bonds. The molecule has 318 valence electrons. The first-order valence-electron chi connectivity index (χ1n) is 19.8. The summed E-state index contributed by atoms with van der Waals surface area (Å²) in [7, 11) is 11.9. The summed E-state index contributed by atoms with van der Waals surface area (Å²) >= 11 is 0. The SMILES string of the molecule is [B]O[C@H]1C(=O)[C@]2(C)[C@@H](O[B])C[C@H]3OC[C@@]3(OC(C)=O)[C@H]2[C@H](OC(=O)c2ccccc2)[C@]2(O)C[C@H](OC(=O)[C@H](O)[C@@H](NC(=O)OC(C)(C)C)c3ccccc3)C(C)=C1C2(C)C. The Hall–Kier alpha value is -4.54. The molecule has 0 spiro atoms. The van der Waals surface area contributed by atoms with Gasteiger partial charge in [0, 0.05) is 25.2 Å². The second-order valence-corrected chi connectivity index (χ2v) is 17.8. The predicted molar refractivity (Wildman–Crippen MR) is 213 cm³/mol. The zero-order valence-electron chi connectivity index (χ0n) is 35.0. The predicted octanol–water partition coefficient (Wildman–Crippen LogP) is 3.48. The number of alkyl carbamates (subject to hydrolysis) is 1. The van der Waals surface area contributed by atoms with Gasteiger partial charge in [0.1, 0.15) is 35.6 Å². The van der Waals surface area contributed by atoms with Crippen molar-refractivity contribution in [3.8, 4) is 0 Å². The molecule has 4 radical (unpaired) electrons. The minimum atomic E-state index is -2.32. The molecule has 1 heterocycles. The molecule has 2 saturated carbocycles. The smallest absolute Gasteiger partial charge is 0.408 e. The lowest BCUT2D eigenvalue weighted by Gasteiger charge is -2.68. The van der Waals surface area contributed by atoms with Crippen molar-refractivity contribution in [1.82, 2.24) is 5.32 Å². The van der Waals surface area contributed by atoms with Gasteiger partial charge in [-0.2, -0.15) is 0 Å². The van der Waals surface area contributed by atoms with E-state index in [9.17, 15) is 29.4 Å². The first-order valence-corrected chi connectivity index (χ1v) is 19.8. The van der Waals surface area contributed by atoms with E-state index in [-0.39, 0.29) is 29.7 Å². The third kappa shape index (κ3) is 7.56. The molecule has 0 unspecified atom stereocenters. The number of carbonyl (C=O) groups excluding carboxylic acids is 5. The molecule has 2 bridgehead atoms. The van der Waals surface area contributed by atoms with Crippen LogP contribution in [0.3, 0.4) is 0 Å². The number of ketones is 1. The van der Waals surface area contributed by atoms with Crippen LogP contribution >= 0.6 is 0 Å². The molecule has 3 aliphatic carbocycles. The fourth-order valence-electron chi connectivity index (χ4n) is 9.83. The summed E-state index contributed by atoms with van der Waals surface area (Å²) in [5.41, 5.74) is -7.60. The van der Waals surface area contributed by atoms with Crippen molar-refractivity contribution in [3.05, 3.63) is 82.9 Å². The molecule has 1 saturated heterocycles. The zero-order valence-corrected chi connectivity index (χ0v) is 35.0. The number of nitrogens with one attached hydrogen (secondary N) is 1. The average molecular weight is 827 g/mol. The van der Waals surface area contributed by atoms with Gasteiger partial charge in [-0.25, -0.2) is 14.4 Å². The Morgan fingerprint density at radius 1 is 0.950 bits per heavy atom. The molecule has 0 aromatic heterocycles. The van der Waals surface area contributed by atoms with Crippen LogP contribution in [0.25, 0.3) is 0 Å². The molecule has 6 rings (SSSR count). The highest BCUT2D eigenvalue weighted by atomic mass is 16.6.